The number of nitrogens with one attached hydrogen (secondary N) is 1. The Labute approximate surface area is 104 Å². The number of amides is 1. The minimum absolute atomic E-state index is 0.0832. The lowest BCUT2D eigenvalue weighted by atomic mass is 10.1. The molecule has 1 saturated carbocycles. The lowest BCUT2D eigenvalue weighted by molar-refractivity contribution is -0.118. The number of carbonyl (C=O) groups excluding carboxylic acids is 1. The van der Waals surface area contributed by atoms with Gasteiger partial charge in [0.05, 0.1) is 11.2 Å². The summed E-state index contributed by atoms with van der Waals surface area (Å²) >= 11 is 3.46. The Kier molecular flexibility index (Phi) is 2.80. The van der Waals surface area contributed by atoms with Crippen LogP contribution in [0.5, 0.6) is 0 Å². The van der Waals surface area contributed by atoms with Crippen LogP contribution in [0.15, 0.2) is 16.6 Å². The third-order valence-corrected chi connectivity index (χ3v) is 3.54. The van der Waals surface area contributed by atoms with E-state index in [1.54, 1.807) is 0 Å². The second-order valence-electron chi connectivity index (χ2n) is 4.55. The quantitative estimate of drug-likeness (QED) is 0.876. The van der Waals surface area contributed by atoms with E-state index in [1.807, 2.05) is 26.0 Å². The van der Waals surface area contributed by atoms with Crippen LogP contribution < -0.4 is 11.1 Å². The fourth-order valence-electron chi connectivity index (χ4n) is 1.67. The predicted molar refractivity (Wildman–Crippen MR) is 68.4 cm³/mol. The molecule has 2 rings (SSSR count). The topological polar surface area (TPSA) is 55.1 Å². The SMILES string of the molecule is Cc1cc(C)c(NC(=O)C2(N)CC2)c(Br)c1. The maximum atomic E-state index is 11.8. The Morgan fingerprint density at radius 1 is 1.44 bits per heavy atom. The van der Waals surface area contributed by atoms with Gasteiger partial charge in [-0.15, -0.1) is 0 Å². The van der Waals surface area contributed by atoms with Crippen molar-refractivity contribution >= 4 is 27.5 Å². The Morgan fingerprint density at radius 2 is 2.06 bits per heavy atom. The molecule has 1 aromatic rings. The molecule has 16 heavy (non-hydrogen) atoms. The number of anilines is 1. The van der Waals surface area contributed by atoms with E-state index in [0.29, 0.717) is 0 Å². The number of nitrogens with two attached hydrogens (primary N) is 1. The average Bonchev–Trinajstić information content (AvgIpc) is 2.91. The minimum atomic E-state index is -0.628. The maximum Gasteiger partial charge on any atom is 0.244 e. The maximum absolute atomic E-state index is 11.8. The van der Waals surface area contributed by atoms with E-state index in [-0.39, 0.29) is 5.91 Å². The van der Waals surface area contributed by atoms with E-state index >= 15 is 0 Å². The molecule has 4 heteroatoms. The smallest absolute Gasteiger partial charge is 0.244 e. The van der Waals surface area contributed by atoms with Crippen molar-refractivity contribution in [3.05, 3.63) is 27.7 Å². The van der Waals surface area contributed by atoms with E-state index in [1.165, 1.54) is 0 Å². The van der Waals surface area contributed by atoms with Crippen LogP contribution in [0.3, 0.4) is 0 Å². The lowest BCUT2D eigenvalue weighted by Crippen LogP contribution is -2.38. The van der Waals surface area contributed by atoms with Crippen LogP contribution in [0.4, 0.5) is 5.69 Å². The van der Waals surface area contributed by atoms with Crippen molar-refractivity contribution in [2.75, 3.05) is 5.32 Å². The van der Waals surface area contributed by atoms with E-state index in [9.17, 15) is 4.79 Å². The average molecular weight is 283 g/mol. The number of halogens is 1. The molecule has 1 amide bonds. The summed E-state index contributed by atoms with van der Waals surface area (Å²) in [6.07, 6.45) is 1.56. The van der Waals surface area contributed by atoms with Gasteiger partial charge in [0.2, 0.25) is 5.91 Å². The molecule has 3 N–H and O–H groups in total. The van der Waals surface area contributed by atoms with Gasteiger partial charge in [0, 0.05) is 4.47 Å². The fourth-order valence-corrected chi connectivity index (χ4v) is 2.45. The van der Waals surface area contributed by atoms with E-state index in [0.717, 1.165) is 34.1 Å². The van der Waals surface area contributed by atoms with Gasteiger partial charge in [-0.2, -0.15) is 0 Å². The van der Waals surface area contributed by atoms with Gasteiger partial charge >= 0.3 is 0 Å². The molecule has 0 bridgehead atoms. The number of aryl methyl sites for hydroxylation is 2. The zero-order valence-electron chi connectivity index (χ0n) is 9.43. The highest BCUT2D eigenvalue weighted by molar-refractivity contribution is 9.10. The first-order chi connectivity index (χ1) is 7.42. The molecule has 0 radical (unpaired) electrons. The van der Waals surface area contributed by atoms with E-state index < -0.39 is 5.54 Å². The molecule has 86 valence electrons. The van der Waals surface area contributed by atoms with Crippen LogP contribution in [-0.2, 0) is 4.79 Å². The molecular formula is C12H15BrN2O. The standard InChI is InChI=1S/C12H15BrN2O/c1-7-5-8(2)10(9(13)6-7)15-11(16)12(14)3-4-12/h5-6H,3-4,14H2,1-2H3,(H,15,16). The van der Waals surface area contributed by atoms with Gasteiger partial charge < -0.3 is 11.1 Å². The van der Waals surface area contributed by atoms with Gasteiger partial charge in [0.25, 0.3) is 0 Å². The number of hydrogen-bond acceptors (Lipinski definition) is 2. The normalized spacial score (nSPS) is 17.0. The number of carbonyl (C=O) groups is 1. The van der Waals surface area contributed by atoms with Crippen LogP contribution in [0.25, 0.3) is 0 Å². The van der Waals surface area contributed by atoms with Gasteiger partial charge in [0.15, 0.2) is 0 Å². The summed E-state index contributed by atoms with van der Waals surface area (Å²) in [5, 5.41) is 2.90. The largest absolute Gasteiger partial charge is 0.323 e. The van der Waals surface area contributed by atoms with Crippen LogP contribution in [0.2, 0.25) is 0 Å². The second-order valence-corrected chi connectivity index (χ2v) is 5.40. The van der Waals surface area contributed by atoms with Crippen molar-refractivity contribution in [1.29, 1.82) is 0 Å². The lowest BCUT2D eigenvalue weighted by Gasteiger charge is -2.14. The number of benzene rings is 1. The Morgan fingerprint density at radius 3 is 2.56 bits per heavy atom. The van der Waals surface area contributed by atoms with Crippen molar-refractivity contribution in [3.8, 4) is 0 Å². The summed E-state index contributed by atoms with van der Waals surface area (Å²) in [5.74, 6) is -0.0832. The van der Waals surface area contributed by atoms with E-state index in [4.69, 9.17) is 5.73 Å². The molecule has 0 saturated heterocycles. The number of hydrogen-bond donors (Lipinski definition) is 2. The van der Waals surface area contributed by atoms with Gasteiger partial charge in [-0.1, -0.05) is 6.07 Å². The predicted octanol–water partition coefficient (Wildman–Crippen LogP) is 2.50. The molecule has 3 nitrogen and oxygen atoms in total. The molecule has 1 aliphatic carbocycles. The zero-order valence-corrected chi connectivity index (χ0v) is 11.0. The van der Waals surface area contributed by atoms with Crippen LogP contribution in [-0.4, -0.2) is 11.4 Å². The zero-order chi connectivity index (χ0) is 11.9. The summed E-state index contributed by atoms with van der Waals surface area (Å²) in [4.78, 5) is 11.8. The second kappa shape index (κ2) is 3.86. The van der Waals surface area contributed by atoms with Gasteiger partial charge in [0.1, 0.15) is 0 Å². The molecule has 0 atom stereocenters. The Hall–Kier alpha value is -0.870. The monoisotopic (exact) mass is 282 g/mol. The molecule has 0 unspecified atom stereocenters. The summed E-state index contributed by atoms with van der Waals surface area (Å²) in [7, 11) is 0. The molecular weight excluding hydrogens is 268 g/mol. The highest BCUT2D eigenvalue weighted by Crippen LogP contribution is 2.35. The third-order valence-electron chi connectivity index (χ3n) is 2.91. The van der Waals surface area contributed by atoms with Crippen LogP contribution in [0.1, 0.15) is 24.0 Å². The summed E-state index contributed by atoms with van der Waals surface area (Å²) in [5.41, 5.74) is 8.25. The first-order valence-electron chi connectivity index (χ1n) is 5.29. The van der Waals surface area contributed by atoms with Crippen molar-refractivity contribution in [2.45, 2.75) is 32.2 Å². The third kappa shape index (κ3) is 2.13. The van der Waals surface area contributed by atoms with Gasteiger partial charge in [-0.25, -0.2) is 0 Å². The van der Waals surface area contributed by atoms with Crippen molar-refractivity contribution in [3.63, 3.8) is 0 Å². The fraction of sp³-hybridized carbons (Fsp3) is 0.417. The molecule has 0 aliphatic heterocycles. The van der Waals surface area contributed by atoms with Crippen molar-refractivity contribution in [2.24, 2.45) is 5.73 Å². The summed E-state index contributed by atoms with van der Waals surface area (Å²) in [6, 6.07) is 4.02. The van der Waals surface area contributed by atoms with Gasteiger partial charge in [-0.05, 0) is 59.8 Å². The Bertz CT molecular complexity index is 429. The molecule has 1 fully saturated rings. The number of rotatable bonds is 2. The van der Waals surface area contributed by atoms with Crippen LogP contribution in [0, 0.1) is 13.8 Å². The minimum Gasteiger partial charge on any atom is -0.323 e. The van der Waals surface area contributed by atoms with Crippen molar-refractivity contribution in [1.82, 2.24) is 0 Å². The molecule has 1 aliphatic rings. The molecule has 0 aromatic heterocycles. The summed E-state index contributed by atoms with van der Waals surface area (Å²) < 4.78 is 0.905. The summed E-state index contributed by atoms with van der Waals surface area (Å²) in [6.45, 7) is 4.00. The van der Waals surface area contributed by atoms with Gasteiger partial charge in [-0.3, -0.25) is 4.79 Å². The van der Waals surface area contributed by atoms with Crippen molar-refractivity contribution < 1.29 is 4.79 Å². The first-order valence-corrected chi connectivity index (χ1v) is 6.09. The van der Waals surface area contributed by atoms with Crippen LogP contribution >= 0.6 is 15.9 Å². The highest BCUT2D eigenvalue weighted by Gasteiger charge is 2.46. The molecule has 0 spiro atoms. The Balaban J connectivity index is 2.24. The van der Waals surface area contributed by atoms with E-state index in [2.05, 4.69) is 21.2 Å². The molecule has 1 aromatic carbocycles. The molecule has 0 heterocycles. The first kappa shape index (κ1) is 11.6. The highest BCUT2D eigenvalue weighted by atomic mass is 79.9.